The van der Waals surface area contributed by atoms with E-state index >= 15 is 0 Å². The van der Waals surface area contributed by atoms with E-state index in [4.69, 9.17) is 0 Å². The van der Waals surface area contributed by atoms with E-state index in [-0.39, 0.29) is 0 Å². The number of sulfone groups is 1. The molecule has 0 spiro atoms. The summed E-state index contributed by atoms with van der Waals surface area (Å²) in [6.45, 7) is 0.530. The molecular formula is C14H15NO2S. The fourth-order valence-electron chi connectivity index (χ4n) is 1.83. The quantitative estimate of drug-likeness (QED) is 0.918. The summed E-state index contributed by atoms with van der Waals surface area (Å²) in [4.78, 5) is 0.694. The first kappa shape index (κ1) is 12.8. The lowest BCUT2D eigenvalue weighted by Crippen LogP contribution is -2.11. The second-order valence-corrected chi connectivity index (χ2v) is 5.87. The third-order valence-corrected chi connectivity index (χ3v) is 4.55. The van der Waals surface area contributed by atoms with E-state index in [0.29, 0.717) is 16.3 Å². The Kier molecular flexibility index (Phi) is 3.79. The van der Waals surface area contributed by atoms with Crippen LogP contribution >= 0.6 is 0 Å². The Morgan fingerprint density at radius 2 is 1.56 bits per heavy atom. The van der Waals surface area contributed by atoms with Gasteiger partial charge in [0.1, 0.15) is 0 Å². The predicted molar refractivity (Wildman–Crippen MR) is 71.1 cm³/mol. The highest BCUT2D eigenvalue weighted by atomic mass is 32.2. The van der Waals surface area contributed by atoms with Gasteiger partial charge in [0.2, 0.25) is 9.84 Å². The van der Waals surface area contributed by atoms with Crippen LogP contribution in [0.5, 0.6) is 0 Å². The van der Waals surface area contributed by atoms with Gasteiger partial charge in [0.05, 0.1) is 9.79 Å². The van der Waals surface area contributed by atoms with Gasteiger partial charge in [-0.3, -0.25) is 0 Å². The summed E-state index contributed by atoms with van der Waals surface area (Å²) in [6.07, 6.45) is 0. The van der Waals surface area contributed by atoms with Gasteiger partial charge < -0.3 is 5.32 Å². The molecule has 0 saturated carbocycles. The molecule has 0 heterocycles. The van der Waals surface area contributed by atoms with Crippen LogP contribution in [-0.4, -0.2) is 15.5 Å². The Morgan fingerprint density at radius 3 is 2.22 bits per heavy atom. The number of hydrogen-bond acceptors (Lipinski definition) is 3. The molecule has 0 aliphatic heterocycles. The van der Waals surface area contributed by atoms with Crippen molar-refractivity contribution in [3.8, 4) is 0 Å². The monoisotopic (exact) mass is 261 g/mol. The zero-order chi connectivity index (χ0) is 13.0. The molecule has 0 amide bonds. The van der Waals surface area contributed by atoms with Crippen molar-refractivity contribution in [2.45, 2.75) is 16.3 Å². The number of rotatable bonds is 4. The second kappa shape index (κ2) is 5.33. The predicted octanol–water partition coefficient (Wildman–Crippen LogP) is 2.24. The first-order chi connectivity index (χ1) is 8.66. The molecular weight excluding hydrogens is 246 g/mol. The van der Waals surface area contributed by atoms with Gasteiger partial charge in [-0.1, -0.05) is 36.4 Å². The first-order valence-electron chi connectivity index (χ1n) is 5.69. The van der Waals surface area contributed by atoms with Crippen LogP contribution in [0.3, 0.4) is 0 Å². The summed E-state index contributed by atoms with van der Waals surface area (Å²) in [5.41, 5.74) is 0.781. The van der Waals surface area contributed by atoms with E-state index < -0.39 is 9.84 Å². The van der Waals surface area contributed by atoms with Gasteiger partial charge in [-0.2, -0.15) is 0 Å². The van der Waals surface area contributed by atoms with E-state index in [0.717, 1.165) is 5.56 Å². The van der Waals surface area contributed by atoms with Crippen molar-refractivity contribution in [3.63, 3.8) is 0 Å². The minimum Gasteiger partial charge on any atom is -0.316 e. The third kappa shape index (κ3) is 2.44. The van der Waals surface area contributed by atoms with Crippen molar-refractivity contribution in [3.05, 3.63) is 60.2 Å². The van der Waals surface area contributed by atoms with Crippen molar-refractivity contribution in [1.82, 2.24) is 5.32 Å². The van der Waals surface area contributed by atoms with Crippen molar-refractivity contribution in [2.24, 2.45) is 0 Å². The topological polar surface area (TPSA) is 46.2 Å². The Labute approximate surface area is 107 Å². The highest BCUT2D eigenvalue weighted by Gasteiger charge is 2.19. The summed E-state index contributed by atoms with van der Waals surface area (Å²) in [5, 5.41) is 2.98. The molecule has 2 aromatic rings. The van der Waals surface area contributed by atoms with Crippen LogP contribution in [0, 0.1) is 0 Å². The van der Waals surface area contributed by atoms with Crippen LogP contribution in [0.25, 0.3) is 0 Å². The van der Waals surface area contributed by atoms with Crippen molar-refractivity contribution < 1.29 is 8.42 Å². The number of hydrogen-bond donors (Lipinski definition) is 1. The Morgan fingerprint density at radius 1 is 0.944 bits per heavy atom. The first-order valence-corrected chi connectivity index (χ1v) is 7.17. The molecule has 18 heavy (non-hydrogen) atoms. The summed E-state index contributed by atoms with van der Waals surface area (Å²) >= 11 is 0. The Bertz CT molecular complexity index is 621. The summed E-state index contributed by atoms with van der Waals surface area (Å²) in [7, 11) is -1.63. The number of nitrogens with one attached hydrogen (secondary N) is 1. The maximum atomic E-state index is 12.5. The minimum absolute atomic E-state index is 0.327. The van der Waals surface area contributed by atoms with Crippen LogP contribution in [0.1, 0.15) is 5.56 Å². The molecule has 0 unspecified atom stereocenters. The maximum Gasteiger partial charge on any atom is 0.206 e. The standard InChI is InChI=1S/C14H15NO2S/c1-15-11-12-7-5-6-10-14(12)18(16,17)13-8-3-2-4-9-13/h2-10,15H,11H2,1H3. The van der Waals surface area contributed by atoms with Crippen molar-refractivity contribution in [2.75, 3.05) is 7.05 Å². The molecule has 0 bridgehead atoms. The highest BCUT2D eigenvalue weighted by molar-refractivity contribution is 7.91. The highest BCUT2D eigenvalue weighted by Crippen LogP contribution is 2.23. The van der Waals surface area contributed by atoms with E-state index in [1.54, 1.807) is 49.5 Å². The summed E-state index contributed by atoms with van der Waals surface area (Å²) in [5.74, 6) is 0. The summed E-state index contributed by atoms with van der Waals surface area (Å²) < 4.78 is 25.0. The molecule has 0 aliphatic rings. The Balaban J connectivity index is 2.55. The van der Waals surface area contributed by atoms with Crippen molar-refractivity contribution in [1.29, 1.82) is 0 Å². The van der Waals surface area contributed by atoms with Crippen LogP contribution in [-0.2, 0) is 16.4 Å². The third-order valence-electron chi connectivity index (χ3n) is 2.68. The van der Waals surface area contributed by atoms with E-state index in [1.807, 2.05) is 12.1 Å². The van der Waals surface area contributed by atoms with Gasteiger partial charge in [-0.15, -0.1) is 0 Å². The van der Waals surface area contributed by atoms with Gasteiger partial charge in [0, 0.05) is 6.54 Å². The second-order valence-electron chi connectivity index (χ2n) is 3.95. The molecule has 0 fully saturated rings. The normalized spacial score (nSPS) is 11.4. The van der Waals surface area contributed by atoms with E-state index in [9.17, 15) is 8.42 Å². The molecule has 0 aliphatic carbocycles. The van der Waals surface area contributed by atoms with Gasteiger partial charge in [0.25, 0.3) is 0 Å². The minimum atomic E-state index is -3.43. The van der Waals surface area contributed by atoms with Crippen molar-refractivity contribution >= 4 is 9.84 Å². The molecule has 2 aromatic carbocycles. The lowest BCUT2D eigenvalue weighted by atomic mass is 10.2. The molecule has 0 radical (unpaired) electrons. The lowest BCUT2D eigenvalue weighted by Gasteiger charge is -2.10. The fraction of sp³-hybridized carbons (Fsp3) is 0.143. The van der Waals surface area contributed by atoms with Gasteiger partial charge >= 0.3 is 0 Å². The lowest BCUT2D eigenvalue weighted by molar-refractivity contribution is 0.594. The maximum absolute atomic E-state index is 12.5. The fourth-order valence-corrected chi connectivity index (χ4v) is 3.34. The average molecular weight is 261 g/mol. The van der Waals surface area contributed by atoms with Crippen LogP contribution in [0.15, 0.2) is 64.4 Å². The SMILES string of the molecule is CNCc1ccccc1S(=O)(=O)c1ccccc1. The molecule has 4 heteroatoms. The van der Waals surface area contributed by atoms with Gasteiger partial charge in [0.15, 0.2) is 0 Å². The molecule has 94 valence electrons. The smallest absolute Gasteiger partial charge is 0.206 e. The van der Waals surface area contributed by atoms with Crippen LogP contribution in [0.4, 0.5) is 0 Å². The van der Waals surface area contributed by atoms with E-state index in [1.165, 1.54) is 0 Å². The van der Waals surface area contributed by atoms with Crippen LogP contribution in [0.2, 0.25) is 0 Å². The zero-order valence-electron chi connectivity index (χ0n) is 10.1. The molecule has 0 aromatic heterocycles. The molecule has 0 saturated heterocycles. The van der Waals surface area contributed by atoms with Crippen LogP contribution < -0.4 is 5.32 Å². The molecule has 2 rings (SSSR count). The number of benzene rings is 2. The molecule has 0 atom stereocenters. The zero-order valence-corrected chi connectivity index (χ0v) is 10.9. The largest absolute Gasteiger partial charge is 0.316 e. The van der Waals surface area contributed by atoms with E-state index in [2.05, 4.69) is 5.32 Å². The molecule has 3 nitrogen and oxygen atoms in total. The van der Waals surface area contributed by atoms with Gasteiger partial charge in [-0.25, -0.2) is 8.42 Å². The Hall–Kier alpha value is -1.65. The summed E-state index contributed by atoms with van der Waals surface area (Å²) in [6, 6.07) is 15.6. The van der Waals surface area contributed by atoms with Gasteiger partial charge in [-0.05, 0) is 30.8 Å². The average Bonchev–Trinajstić information content (AvgIpc) is 2.41. The molecule has 1 N–H and O–H groups in total.